The molecule has 1 fully saturated rings. The van der Waals surface area contributed by atoms with Crippen LogP contribution in [0.15, 0.2) is 47.0 Å². The Kier molecular flexibility index (Phi) is 7.94. The first-order chi connectivity index (χ1) is 17.1. The lowest BCUT2D eigenvalue weighted by molar-refractivity contribution is -0.116. The molecule has 184 valence electrons. The van der Waals surface area contributed by atoms with Crippen LogP contribution in [0.5, 0.6) is 5.75 Å². The molecular weight excluding hydrogens is 452 g/mol. The molecule has 0 unspecified atom stereocenters. The minimum atomic E-state index is -0.507. The Balaban J connectivity index is 1.33. The Labute approximate surface area is 203 Å². The van der Waals surface area contributed by atoms with E-state index in [9.17, 15) is 9.59 Å². The predicted octanol–water partition coefficient (Wildman–Crippen LogP) is 3.33. The van der Waals surface area contributed by atoms with Crippen molar-refractivity contribution < 1.29 is 28.3 Å². The van der Waals surface area contributed by atoms with E-state index in [0.717, 1.165) is 30.1 Å². The van der Waals surface area contributed by atoms with Gasteiger partial charge in [0, 0.05) is 37.2 Å². The van der Waals surface area contributed by atoms with Crippen LogP contribution in [0.1, 0.15) is 29.1 Å². The molecule has 1 N–H and O–H groups in total. The van der Waals surface area contributed by atoms with Gasteiger partial charge >= 0.3 is 5.97 Å². The van der Waals surface area contributed by atoms with Crippen molar-refractivity contribution in [3.05, 3.63) is 53.9 Å². The highest BCUT2D eigenvalue weighted by atomic mass is 16.5. The summed E-state index contributed by atoms with van der Waals surface area (Å²) in [5.41, 5.74) is 2.43. The summed E-state index contributed by atoms with van der Waals surface area (Å²) in [5, 5.41) is 6.83. The number of aryl methyl sites for hydroxylation is 1. The number of anilines is 2. The van der Waals surface area contributed by atoms with Crippen molar-refractivity contribution in [2.45, 2.75) is 19.3 Å². The number of benzene rings is 2. The number of aromatic nitrogens is 2. The van der Waals surface area contributed by atoms with Crippen LogP contribution in [0, 0.1) is 0 Å². The Bertz CT molecular complexity index is 1160. The zero-order valence-corrected chi connectivity index (χ0v) is 19.8. The van der Waals surface area contributed by atoms with Gasteiger partial charge in [-0.15, -0.1) is 0 Å². The van der Waals surface area contributed by atoms with Crippen molar-refractivity contribution in [2.75, 3.05) is 50.7 Å². The molecule has 4 rings (SSSR count). The average Bonchev–Trinajstić information content (AvgIpc) is 3.38. The quantitative estimate of drug-likeness (QED) is 0.460. The van der Waals surface area contributed by atoms with Crippen molar-refractivity contribution in [3.63, 3.8) is 0 Å². The van der Waals surface area contributed by atoms with E-state index in [0.29, 0.717) is 49.0 Å². The van der Waals surface area contributed by atoms with Gasteiger partial charge in [-0.2, -0.15) is 4.98 Å². The summed E-state index contributed by atoms with van der Waals surface area (Å²) < 4.78 is 20.8. The Morgan fingerprint density at radius 2 is 1.86 bits per heavy atom. The van der Waals surface area contributed by atoms with Crippen LogP contribution in [0.2, 0.25) is 0 Å². The van der Waals surface area contributed by atoms with Crippen LogP contribution in [0.4, 0.5) is 11.4 Å². The lowest BCUT2D eigenvalue weighted by Crippen LogP contribution is -2.36. The number of nitrogens with one attached hydrogen (secondary N) is 1. The summed E-state index contributed by atoms with van der Waals surface area (Å²) >= 11 is 0. The maximum absolute atomic E-state index is 12.6. The molecule has 0 saturated carbocycles. The number of ether oxygens (including phenoxy) is 3. The smallest absolute Gasteiger partial charge is 0.340 e. The average molecular weight is 481 g/mol. The number of rotatable bonds is 9. The lowest BCUT2D eigenvalue weighted by atomic mass is 10.1. The molecule has 0 atom stereocenters. The zero-order valence-electron chi connectivity index (χ0n) is 19.8. The molecule has 1 aliphatic heterocycles. The summed E-state index contributed by atoms with van der Waals surface area (Å²) in [6.45, 7) is 2.74. The van der Waals surface area contributed by atoms with E-state index in [-0.39, 0.29) is 12.3 Å². The number of esters is 1. The highest BCUT2D eigenvalue weighted by Gasteiger charge is 2.19. The molecule has 0 spiro atoms. The molecular formula is C25H28N4O6. The number of carbonyl (C=O) groups is 2. The summed E-state index contributed by atoms with van der Waals surface area (Å²) in [7, 11) is 2.92. The number of nitrogens with zero attached hydrogens (tertiary/aromatic N) is 3. The van der Waals surface area contributed by atoms with Gasteiger partial charge in [0.05, 0.1) is 38.7 Å². The molecule has 2 heterocycles. The van der Waals surface area contributed by atoms with Crippen LogP contribution in [0.3, 0.4) is 0 Å². The standard InChI is InChI=1S/C25H28N4O6/c1-32-19-9-6-17(7-10-19)24-27-23(35-28-24)5-3-4-22(30)26-21-11-8-18(16-20(21)25(31)33-2)29-12-14-34-15-13-29/h6-11,16H,3-5,12-15H2,1-2H3,(H,26,30). The van der Waals surface area contributed by atoms with Gasteiger partial charge in [-0.1, -0.05) is 5.16 Å². The number of morpholine rings is 1. The third-order valence-electron chi connectivity index (χ3n) is 5.67. The first-order valence-corrected chi connectivity index (χ1v) is 11.4. The van der Waals surface area contributed by atoms with Gasteiger partial charge in [0.1, 0.15) is 5.75 Å². The molecule has 3 aromatic rings. The fraction of sp³-hybridized carbons (Fsp3) is 0.360. The summed E-state index contributed by atoms with van der Waals surface area (Å²) in [6.07, 6.45) is 1.19. The molecule has 2 aromatic carbocycles. The van der Waals surface area contributed by atoms with E-state index in [1.54, 1.807) is 19.2 Å². The number of methoxy groups -OCH3 is 2. The Morgan fingerprint density at radius 3 is 2.57 bits per heavy atom. The highest BCUT2D eigenvalue weighted by Crippen LogP contribution is 2.25. The molecule has 0 aliphatic carbocycles. The van der Waals surface area contributed by atoms with Gasteiger partial charge < -0.3 is 29.0 Å². The first-order valence-electron chi connectivity index (χ1n) is 11.4. The highest BCUT2D eigenvalue weighted by molar-refractivity contribution is 6.02. The van der Waals surface area contributed by atoms with E-state index in [1.165, 1.54) is 7.11 Å². The van der Waals surface area contributed by atoms with Crippen LogP contribution in [-0.2, 0) is 20.7 Å². The van der Waals surface area contributed by atoms with Gasteiger partial charge in [0.25, 0.3) is 0 Å². The van der Waals surface area contributed by atoms with Crippen molar-refractivity contribution >= 4 is 23.3 Å². The number of hydrogen-bond donors (Lipinski definition) is 1. The maximum Gasteiger partial charge on any atom is 0.340 e. The van der Waals surface area contributed by atoms with Crippen LogP contribution >= 0.6 is 0 Å². The van der Waals surface area contributed by atoms with E-state index in [2.05, 4.69) is 20.4 Å². The zero-order chi connectivity index (χ0) is 24.6. The van der Waals surface area contributed by atoms with Gasteiger partial charge in [0.15, 0.2) is 0 Å². The fourth-order valence-electron chi connectivity index (χ4n) is 3.76. The Hall–Kier alpha value is -3.92. The lowest BCUT2D eigenvalue weighted by Gasteiger charge is -2.29. The van der Waals surface area contributed by atoms with E-state index in [4.69, 9.17) is 18.7 Å². The molecule has 0 bridgehead atoms. The second kappa shape index (κ2) is 11.5. The maximum atomic E-state index is 12.6. The summed E-state index contributed by atoms with van der Waals surface area (Å²) in [6, 6.07) is 12.7. The number of amides is 1. The number of hydrogen-bond acceptors (Lipinski definition) is 9. The third kappa shape index (κ3) is 6.15. The van der Waals surface area contributed by atoms with Crippen LogP contribution in [0.25, 0.3) is 11.4 Å². The monoisotopic (exact) mass is 480 g/mol. The fourth-order valence-corrected chi connectivity index (χ4v) is 3.76. The topological polar surface area (TPSA) is 116 Å². The van der Waals surface area contributed by atoms with Crippen molar-refractivity contribution in [1.82, 2.24) is 10.1 Å². The third-order valence-corrected chi connectivity index (χ3v) is 5.67. The molecule has 0 radical (unpaired) electrons. The van der Waals surface area contributed by atoms with Crippen molar-refractivity contribution in [2.24, 2.45) is 0 Å². The van der Waals surface area contributed by atoms with E-state index in [1.807, 2.05) is 30.3 Å². The molecule has 1 aliphatic rings. The second-order valence-electron chi connectivity index (χ2n) is 7.96. The molecule has 10 heteroatoms. The first kappa shape index (κ1) is 24.2. The van der Waals surface area contributed by atoms with Gasteiger partial charge in [-0.3, -0.25) is 4.79 Å². The largest absolute Gasteiger partial charge is 0.497 e. The van der Waals surface area contributed by atoms with E-state index >= 15 is 0 Å². The molecule has 1 aromatic heterocycles. The predicted molar refractivity (Wildman–Crippen MR) is 129 cm³/mol. The molecule has 1 amide bonds. The SMILES string of the molecule is COC(=O)c1cc(N2CCOCC2)ccc1NC(=O)CCCc1nc(-c2ccc(OC)cc2)no1. The summed E-state index contributed by atoms with van der Waals surface area (Å²) in [4.78, 5) is 31.4. The van der Waals surface area contributed by atoms with E-state index < -0.39 is 5.97 Å². The molecule has 10 nitrogen and oxygen atoms in total. The van der Waals surface area contributed by atoms with Crippen LogP contribution < -0.4 is 15.0 Å². The van der Waals surface area contributed by atoms with Crippen LogP contribution in [-0.4, -0.2) is 62.5 Å². The second-order valence-corrected chi connectivity index (χ2v) is 7.96. The van der Waals surface area contributed by atoms with Crippen molar-refractivity contribution in [1.29, 1.82) is 0 Å². The summed E-state index contributed by atoms with van der Waals surface area (Å²) in [5.74, 6) is 0.954. The molecule has 1 saturated heterocycles. The minimum Gasteiger partial charge on any atom is -0.497 e. The van der Waals surface area contributed by atoms with Gasteiger partial charge in [-0.05, 0) is 48.9 Å². The molecule has 35 heavy (non-hydrogen) atoms. The minimum absolute atomic E-state index is 0.218. The van der Waals surface area contributed by atoms with Gasteiger partial charge in [-0.25, -0.2) is 4.79 Å². The van der Waals surface area contributed by atoms with Crippen molar-refractivity contribution in [3.8, 4) is 17.1 Å². The Morgan fingerprint density at radius 1 is 1.09 bits per heavy atom. The normalized spacial score (nSPS) is 13.4. The number of carbonyl (C=O) groups excluding carboxylic acids is 2. The van der Waals surface area contributed by atoms with Gasteiger partial charge in [0.2, 0.25) is 17.6 Å².